The van der Waals surface area contributed by atoms with Crippen molar-refractivity contribution in [1.29, 1.82) is 0 Å². The number of ether oxygens (including phenoxy) is 1. The van der Waals surface area contributed by atoms with Gasteiger partial charge in [-0.25, -0.2) is 0 Å². The van der Waals surface area contributed by atoms with E-state index in [4.69, 9.17) is 16.3 Å². The van der Waals surface area contributed by atoms with E-state index in [1.807, 2.05) is 18.2 Å². The maximum atomic E-state index is 12.0. The fourth-order valence-corrected chi connectivity index (χ4v) is 2.69. The minimum atomic E-state index is 0.0383. The van der Waals surface area contributed by atoms with E-state index in [0.717, 1.165) is 16.4 Å². The summed E-state index contributed by atoms with van der Waals surface area (Å²) in [6, 6.07) is 5.59. The number of hydrogen-bond donors (Lipinski definition) is 1. The summed E-state index contributed by atoms with van der Waals surface area (Å²) in [6.07, 6.45) is 1.57. The van der Waals surface area contributed by atoms with Crippen LogP contribution in [-0.2, 0) is 9.53 Å². The topological polar surface area (TPSA) is 38.3 Å². The van der Waals surface area contributed by atoms with Crippen LogP contribution in [0.3, 0.4) is 0 Å². The van der Waals surface area contributed by atoms with Gasteiger partial charge in [-0.05, 0) is 53.6 Å². The van der Waals surface area contributed by atoms with Crippen molar-refractivity contribution < 1.29 is 9.53 Å². The zero-order chi connectivity index (χ0) is 12.3. The zero-order valence-electron chi connectivity index (χ0n) is 9.21. The average molecular weight is 366 g/mol. The number of nitrogens with one attached hydrogen (secondary N) is 1. The second kappa shape index (κ2) is 6.02. The van der Waals surface area contributed by atoms with Crippen LogP contribution in [0.15, 0.2) is 18.2 Å². The highest BCUT2D eigenvalue weighted by molar-refractivity contribution is 14.1. The molecule has 1 saturated heterocycles. The molecule has 0 unspecified atom stereocenters. The van der Waals surface area contributed by atoms with Crippen LogP contribution in [0.2, 0.25) is 5.02 Å². The van der Waals surface area contributed by atoms with Crippen molar-refractivity contribution in [2.75, 3.05) is 18.5 Å². The first-order valence-electron chi connectivity index (χ1n) is 5.50. The van der Waals surface area contributed by atoms with Gasteiger partial charge in [0.25, 0.3) is 0 Å². The van der Waals surface area contributed by atoms with Crippen molar-refractivity contribution in [2.45, 2.75) is 12.8 Å². The Bertz CT molecular complexity index is 419. The highest BCUT2D eigenvalue weighted by atomic mass is 127. The lowest BCUT2D eigenvalue weighted by molar-refractivity contribution is -0.122. The number of carbonyl (C=O) groups excluding carboxylic acids is 1. The van der Waals surface area contributed by atoms with Crippen molar-refractivity contribution in [2.24, 2.45) is 5.92 Å². The van der Waals surface area contributed by atoms with E-state index < -0.39 is 0 Å². The number of halogens is 2. The van der Waals surface area contributed by atoms with Crippen LogP contribution in [0.5, 0.6) is 0 Å². The lowest BCUT2D eigenvalue weighted by Crippen LogP contribution is -2.28. The second-order valence-electron chi connectivity index (χ2n) is 4.00. The molecule has 0 saturated carbocycles. The summed E-state index contributed by atoms with van der Waals surface area (Å²) < 4.78 is 6.28. The van der Waals surface area contributed by atoms with Gasteiger partial charge in [0.15, 0.2) is 0 Å². The first kappa shape index (κ1) is 13.1. The first-order valence-corrected chi connectivity index (χ1v) is 6.96. The van der Waals surface area contributed by atoms with E-state index in [1.165, 1.54) is 0 Å². The molecule has 1 aliphatic rings. The highest BCUT2D eigenvalue weighted by Gasteiger charge is 2.21. The van der Waals surface area contributed by atoms with Crippen molar-refractivity contribution in [3.8, 4) is 0 Å². The number of benzene rings is 1. The maximum absolute atomic E-state index is 12.0. The molecular weight excluding hydrogens is 352 g/mol. The van der Waals surface area contributed by atoms with Gasteiger partial charge in [0.05, 0.1) is 10.7 Å². The Morgan fingerprint density at radius 1 is 1.41 bits per heavy atom. The molecule has 92 valence electrons. The Labute approximate surface area is 119 Å². The largest absolute Gasteiger partial charge is 0.381 e. The maximum Gasteiger partial charge on any atom is 0.227 e. The Kier molecular flexibility index (Phi) is 4.64. The highest BCUT2D eigenvalue weighted by Crippen LogP contribution is 2.25. The molecule has 0 aliphatic carbocycles. The van der Waals surface area contributed by atoms with Gasteiger partial charge < -0.3 is 10.1 Å². The van der Waals surface area contributed by atoms with E-state index in [9.17, 15) is 4.79 Å². The number of anilines is 1. The van der Waals surface area contributed by atoms with Crippen LogP contribution < -0.4 is 5.32 Å². The predicted octanol–water partition coefficient (Wildman–Crippen LogP) is 3.31. The smallest absolute Gasteiger partial charge is 0.227 e. The van der Waals surface area contributed by atoms with Gasteiger partial charge in [-0.3, -0.25) is 4.79 Å². The van der Waals surface area contributed by atoms with Gasteiger partial charge in [-0.2, -0.15) is 0 Å². The molecule has 0 spiro atoms. The molecule has 0 aromatic heterocycles. The predicted molar refractivity (Wildman–Crippen MR) is 76.3 cm³/mol. The average Bonchev–Trinajstić information content (AvgIpc) is 2.34. The lowest BCUT2D eigenvalue weighted by Gasteiger charge is -2.21. The monoisotopic (exact) mass is 365 g/mol. The summed E-state index contributed by atoms with van der Waals surface area (Å²) in [5, 5.41) is 3.46. The number of carbonyl (C=O) groups is 1. The Morgan fingerprint density at radius 2 is 2.12 bits per heavy atom. The fraction of sp³-hybridized carbons (Fsp3) is 0.417. The molecule has 1 N–H and O–H groups in total. The molecular formula is C12H13ClINO2. The third-order valence-electron chi connectivity index (χ3n) is 2.78. The summed E-state index contributed by atoms with van der Waals surface area (Å²) in [5.41, 5.74) is 0.684. The standard InChI is InChI=1S/C12H13ClINO2/c13-10-7-9(14)1-2-11(10)15-12(16)8-3-5-17-6-4-8/h1-2,7-8H,3-6H2,(H,15,16). The van der Waals surface area contributed by atoms with Gasteiger partial charge in [0.1, 0.15) is 0 Å². The molecule has 3 nitrogen and oxygen atoms in total. The van der Waals surface area contributed by atoms with E-state index in [1.54, 1.807) is 0 Å². The Balaban J connectivity index is 2.02. The third kappa shape index (κ3) is 3.56. The molecule has 1 aromatic carbocycles. The van der Waals surface area contributed by atoms with Gasteiger partial charge in [-0.1, -0.05) is 11.6 Å². The van der Waals surface area contributed by atoms with Crippen molar-refractivity contribution >= 4 is 45.8 Å². The molecule has 0 atom stereocenters. The van der Waals surface area contributed by atoms with Crippen molar-refractivity contribution in [3.63, 3.8) is 0 Å². The van der Waals surface area contributed by atoms with Crippen LogP contribution in [0, 0.1) is 9.49 Å². The molecule has 0 radical (unpaired) electrons. The van der Waals surface area contributed by atoms with Crippen LogP contribution in [0.25, 0.3) is 0 Å². The quantitative estimate of drug-likeness (QED) is 0.817. The summed E-state index contributed by atoms with van der Waals surface area (Å²) in [7, 11) is 0. The van der Waals surface area contributed by atoms with E-state index >= 15 is 0 Å². The lowest BCUT2D eigenvalue weighted by atomic mass is 9.99. The van der Waals surface area contributed by atoms with Gasteiger partial charge >= 0.3 is 0 Å². The van der Waals surface area contributed by atoms with Gasteiger partial charge in [-0.15, -0.1) is 0 Å². The van der Waals surface area contributed by atoms with E-state index in [-0.39, 0.29) is 11.8 Å². The van der Waals surface area contributed by atoms with E-state index in [0.29, 0.717) is 23.9 Å². The second-order valence-corrected chi connectivity index (χ2v) is 5.65. The first-order chi connectivity index (χ1) is 8.16. The summed E-state index contributed by atoms with van der Waals surface area (Å²) in [5.74, 6) is 0.0792. The van der Waals surface area contributed by atoms with Crippen molar-refractivity contribution in [3.05, 3.63) is 26.8 Å². The number of amides is 1. The molecule has 1 aliphatic heterocycles. The molecule has 5 heteroatoms. The van der Waals surface area contributed by atoms with Crippen LogP contribution >= 0.6 is 34.2 Å². The fourth-order valence-electron chi connectivity index (χ4n) is 1.79. The zero-order valence-corrected chi connectivity index (χ0v) is 12.1. The molecule has 17 heavy (non-hydrogen) atoms. The Hall–Kier alpha value is -0.330. The van der Waals surface area contributed by atoms with Crippen LogP contribution in [0.1, 0.15) is 12.8 Å². The Morgan fingerprint density at radius 3 is 2.76 bits per heavy atom. The minimum Gasteiger partial charge on any atom is -0.381 e. The third-order valence-corrected chi connectivity index (χ3v) is 3.76. The molecule has 1 fully saturated rings. The van der Waals surface area contributed by atoms with Crippen LogP contribution in [0.4, 0.5) is 5.69 Å². The molecule has 1 heterocycles. The normalized spacial score (nSPS) is 16.8. The molecule has 0 bridgehead atoms. The molecule has 2 rings (SSSR count). The van der Waals surface area contributed by atoms with E-state index in [2.05, 4.69) is 27.9 Å². The minimum absolute atomic E-state index is 0.0383. The number of hydrogen-bond acceptors (Lipinski definition) is 2. The van der Waals surface area contributed by atoms with Crippen LogP contribution in [-0.4, -0.2) is 19.1 Å². The number of rotatable bonds is 2. The summed E-state index contributed by atoms with van der Waals surface area (Å²) in [6.45, 7) is 1.33. The van der Waals surface area contributed by atoms with Gasteiger partial charge in [0, 0.05) is 22.7 Å². The van der Waals surface area contributed by atoms with Gasteiger partial charge in [0.2, 0.25) is 5.91 Å². The summed E-state index contributed by atoms with van der Waals surface area (Å²) >= 11 is 8.25. The molecule has 1 aromatic rings. The van der Waals surface area contributed by atoms with Crippen molar-refractivity contribution in [1.82, 2.24) is 0 Å². The SMILES string of the molecule is O=C(Nc1ccc(I)cc1Cl)C1CCOCC1. The molecule has 1 amide bonds. The summed E-state index contributed by atoms with van der Waals surface area (Å²) in [4.78, 5) is 12.0.